The van der Waals surface area contributed by atoms with Crippen molar-refractivity contribution >= 4 is 51.8 Å². The Balaban J connectivity index is 0.000000544. The number of hydrogen-bond donors (Lipinski definition) is 6. The van der Waals surface area contributed by atoms with Gasteiger partial charge in [-0.25, -0.2) is 0 Å². The van der Waals surface area contributed by atoms with E-state index in [-0.39, 0.29) is 51.1 Å². The fraction of sp³-hybridized carbons (Fsp3) is 0.650. The van der Waals surface area contributed by atoms with E-state index in [0.717, 1.165) is 33.8 Å². The second-order valence-corrected chi connectivity index (χ2v) is 28.2. The van der Waals surface area contributed by atoms with Gasteiger partial charge >= 0.3 is 0 Å². The molecule has 0 spiro atoms. The Bertz CT molecular complexity index is 1940. The van der Waals surface area contributed by atoms with Crippen LogP contribution in [0.5, 0.6) is 0 Å². The summed E-state index contributed by atoms with van der Waals surface area (Å²) in [6, 6.07) is 18.0. The Morgan fingerprint density at radius 1 is 0.306 bits per heavy atom. The summed E-state index contributed by atoms with van der Waals surface area (Å²) in [6.45, 7) is 56.3. The molecule has 0 aliphatic heterocycles. The molecule has 0 aromatic heterocycles. The molecule has 3 aromatic carbocycles. The van der Waals surface area contributed by atoms with Gasteiger partial charge in [0.2, 0.25) is 17.7 Å². The van der Waals surface area contributed by atoms with Gasteiger partial charge in [-0.2, -0.15) is 0 Å². The van der Waals surface area contributed by atoms with Gasteiger partial charge < -0.3 is 46.1 Å². The summed E-state index contributed by atoms with van der Waals surface area (Å²) in [4.78, 5) is 37.0. The minimum atomic E-state index is -0.570. The molecule has 0 unspecified atom stereocenters. The number of amides is 3. The van der Waals surface area contributed by atoms with Gasteiger partial charge in [-0.1, -0.05) is 80.5 Å². The van der Waals surface area contributed by atoms with Crippen LogP contribution < -0.4 is 31.9 Å². The SMILES string of the molecule is CC(C)(C)C(=O)Nc1cc(NC(=O)C(C)(C)C)cc(NC(=O)C(C)(C)C)c1.CC(C)(C)Nc1cc(NC(C)(C)C)cc(NC(C)(C)C)c1.CC(C)(C)OCc1cc(COC(C)(C)C)cc(COC(C)(C)C)c1. The van der Waals surface area contributed by atoms with Gasteiger partial charge in [-0.15, -0.1) is 0 Å². The van der Waals surface area contributed by atoms with E-state index in [1.165, 1.54) is 0 Å². The second-order valence-electron chi connectivity index (χ2n) is 28.2. The fourth-order valence-corrected chi connectivity index (χ4v) is 5.93. The van der Waals surface area contributed by atoms with Crippen molar-refractivity contribution in [2.45, 2.75) is 240 Å². The summed E-state index contributed by atoms with van der Waals surface area (Å²) in [5, 5.41) is 19.2. The summed E-state index contributed by atoms with van der Waals surface area (Å²) in [5.74, 6) is -0.473. The highest BCUT2D eigenvalue weighted by Crippen LogP contribution is 2.31. The van der Waals surface area contributed by atoms with Crippen molar-refractivity contribution in [1.29, 1.82) is 0 Å². The minimum Gasteiger partial charge on any atom is -0.380 e. The lowest BCUT2D eigenvalue weighted by Crippen LogP contribution is -2.30. The molecule has 72 heavy (non-hydrogen) atoms. The summed E-state index contributed by atoms with van der Waals surface area (Å²) in [5.41, 5.74) is 6.33. The van der Waals surface area contributed by atoms with Crippen LogP contribution in [0.2, 0.25) is 0 Å². The van der Waals surface area contributed by atoms with Gasteiger partial charge in [0.15, 0.2) is 0 Å². The number of benzene rings is 3. The molecule has 3 amide bonds. The molecule has 12 nitrogen and oxygen atoms in total. The molecule has 0 bridgehead atoms. The molecule has 0 radical (unpaired) electrons. The quantitative estimate of drug-likeness (QED) is 0.104. The maximum atomic E-state index is 12.3. The molecule has 0 saturated heterocycles. The molecule has 0 fully saturated rings. The van der Waals surface area contributed by atoms with Crippen LogP contribution in [0.3, 0.4) is 0 Å². The van der Waals surface area contributed by atoms with E-state index in [4.69, 9.17) is 14.2 Å². The highest BCUT2D eigenvalue weighted by Gasteiger charge is 2.26. The topological polar surface area (TPSA) is 151 Å². The fourth-order valence-electron chi connectivity index (χ4n) is 5.93. The Hall–Kier alpha value is -4.65. The predicted molar refractivity (Wildman–Crippen MR) is 307 cm³/mol. The molecule has 0 aliphatic rings. The van der Waals surface area contributed by atoms with E-state index < -0.39 is 16.2 Å². The molecule has 0 aliphatic carbocycles. The monoisotopic (exact) mass is 1000 g/mol. The van der Waals surface area contributed by atoms with Crippen molar-refractivity contribution in [2.75, 3.05) is 31.9 Å². The zero-order valence-corrected chi connectivity index (χ0v) is 50.3. The number of rotatable bonds is 12. The first-order valence-electron chi connectivity index (χ1n) is 25.6. The van der Waals surface area contributed by atoms with Crippen molar-refractivity contribution in [2.24, 2.45) is 16.2 Å². The zero-order chi connectivity index (χ0) is 56.3. The lowest BCUT2D eigenvalue weighted by Gasteiger charge is -2.28. The Morgan fingerprint density at radius 3 is 0.639 bits per heavy atom. The molecular formula is C60H102N6O6. The third-order valence-corrected chi connectivity index (χ3v) is 9.37. The van der Waals surface area contributed by atoms with Crippen molar-refractivity contribution in [3.8, 4) is 0 Å². The van der Waals surface area contributed by atoms with E-state index in [2.05, 4.69) is 193 Å². The molecule has 408 valence electrons. The van der Waals surface area contributed by atoms with E-state index in [9.17, 15) is 14.4 Å². The normalized spacial score (nSPS) is 12.9. The molecular weight excluding hydrogens is 901 g/mol. The minimum absolute atomic E-state index is 0.0410. The number of hydrogen-bond acceptors (Lipinski definition) is 9. The van der Waals surface area contributed by atoms with Gasteiger partial charge in [0.1, 0.15) is 0 Å². The maximum Gasteiger partial charge on any atom is 0.229 e. The highest BCUT2D eigenvalue weighted by molar-refractivity contribution is 6.00. The molecule has 0 atom stereocenters. The first-order valence-corrected chi connectivity index (χ1v) is 25.6. The summed E-state index contributed by atoms with van der Waals surface area (Å²) >= 11 is 0. The first kappa shape index (κ1) is 65.4. The van der Waals surface area contributed by atoms with Gasteiger partial charge in [0.05, 0.1) is 36.6 Å². The van der Waals surface area contributed by atoms with Gasteiger partial charge in [-0.3, -0.25) is 14.4 Å². The Kier molecular flexibility index (Phi) is 22.7. The van der Waals surface area contributed by atoms with Crippen LogP contribution >= 0.6 is 0 Å². The van der Waals surface area contributed by atoms with Crippen molar-refractivity contribution in [1.82, 2.24) is 0 Å². The van der Waals surface area contributed by atoms with Crippen LogP contribution in [-0.4, -0.2) is 51.1 Å². The van der Waals surface area contributed by atoms with Gasteiger partial charge in [0.25, 0.3) is 0 Å². The number of nitrogens with one attached hydrogen (secondary N) is 6. The van der Waals surface area contributed by atoms with Crippen molar-refractivity contribution in [3.05, 3.63) is 71.3 Å². The Labute approximate surface area is 438 Å². The second kappa shape index (κ2) is 25.1. The smallest absolute Gasteiger partial charge is 0.229 e. The summed E-state index contributed by atoms with van der Waals surface area (Å²) in [7, 11) is 0. The largest absolute Gasteiger partial charge is 0.380 e. The number of ether oxygens (including phenoxy) is 3. The van der Waals surface area contributed by atoms with Crippen LogP contribution in [0.15, 0.2) is 54.6 Å². The van der Waals surface area contributed by atoms with Crippen LogP contribution in [0.25, 0.3) is 0 Å². The maximum absolute atomic E-state index is 12.3. The summed E-state index contributed by atoms with van der Waals surface area (Å²) < 4.78 is 17.8. The molecule has 6 N–H and O–H groups in total. The van der Waals surface area contributed by atoms with Crippen LogP contribution in [-0.2, 0) is 48.4 Å². The van der Waals surface area contributed by atoms with E-state index in [1.807, 2.05) is 62.3 Å². The Morgan fingerprint density at radius 2 is 0.486 bits per heavy atom. The molecule has 3 aromatic rings. The van der Waals surface area contributed by atoms with Gasteiger partial charge in [-0.05, 0) is 178 Å². The number of carbonyl (C=O) groups excluding carboxylic acids is 3. The average molecular weight is 1000 g/mol. The van der Waals surface area contributed by atoms with Crippen molar-refractivity contribution < 1.29 is 28.6 Å². The summed E-state index contributed by atoms with van der Waals surface area (Å²) in [6.07, 6.45) is 0. The molecule has 3 rings (SSSR count). The number of carbonyl (C=O) groups is 3. The van der Waals surface area contributed by atoms with E-state index >= 15 is 0 Å². The lowest BCUT2D eigenvalue weighted by atomic mass is 9.95. The van der Waals surface area contributed by atoms with Crippen LogP contribution in [0.1, 0.15) is 204 Å². The van der Waals surface area contributed by atoms with Crippen LogP contribution in [0, 0.1) is 16.2 Å². The molecule has 0 heterocycles. The number of anilines is 6. The van der Waals surface area contributed by atoms with E-state index in [0.29, 0.717) is 36.9 Å². The standard InChI is InChI=1S/C21H33N3O3.C21H36O3.C18H33N3/c1-19(2,3)16(25)22-13-10-14(23-17(26)20(4,5)6)12-15(11-13)24-18(27)21(7,8)9;1-19(2,3)22-13-16-10-17(14-23-20(4,5)6)12-18(11-16)15-24-21(7,8)9;1-16(2,3)19-13-10-14(20-17(4,5)6)12-15(11-13)21-18(7,8)9/h10-12H,1-9H3,(H,22,25)(H,23,26)(H,24,27);10-12H,13-15H2,1-9H3;10-12,19-21H,1-9H3. The third-order valence-electron chi connectivity index (χ3n) is 9.37. The predicted octanol–water partition coefficient (Wildman–Crippen LogP) is 15.6. The first-order chi connectivity index (χ1) is 32.0. The lowest BCUT2D eigenvalue weighted by molar-refractivity contribution is -0.123. The van der Waals surface area contributed by atoms with Crippen molar-refractivity contribution in [3.63, 3.8) is 0 Å². The van der Waals surface area contributed by atoms with E-state index in [1.54, 1.807) is 18.2 Å². The molecule has 0 saturated carbocycles. The molecule has 12 heteroatoms. The third kappa shape index (κ3) is 30.4. The van der Waals surface area contributed by atoms with Gasteiger partial charge in [0, 0.05) is 67.0 Å². The highest BCUT2D eigenvalue weighted by atomic mass is 16.5. The van der Waals surface area contributed by atoms with Crippen LogP contribution in [0.4, 0.5) is 34.1 Å². The average Bonchev–Trinajstić information content (AvgIpc) is 3.12. The zero-order valence-electron chi connectivity index (χ0n) is 50.3.